The van der Waals surface area contributed by atoms with Crippen molar-refractivity contribution in [1.82, 2.24) is 9.62 Å². The zero-order valence-corrected chi connectivity index (χ0v) is 18.5. The van der Waals surface area contributed by atoms with Gasteiger partial charge in [0, 0.05) is 36.5 Å². The molecular weight excluding hydrogens is 453 g/mol. The molecule has 11 heteroatoms. The van der Waals surface area contributed by atoms with Crippen molar-refractivity contribution < 1.29 is 22.4 Å². The number of sulfonamides is 1. The Labute approximate surface area is 182 Å². The topological polar surface area (TPSA) is 86.8 Å². The number of halogens is 2. The Balaban J connectivity index is 1.71. The fourth-order valence-corrected chi connectivity index (χ4v) is 5.03. The summed E-state index contributed by atoms with van der Waals surface area (Å²) >= 11 is 7.03. The summed E-state index contributed by atoms with van der Waals surface area (Å²) in [4.78, 5) is 27.8. The molecule has 160 valence electrons. The molecule has 1 aliphatic heterocycles. The van der Waals surface area contributed by atoms with Gasteiger partial charge in [-0.1, -0.05) is 11.6 Å². The van der Waals surface area contributed by atoms with Gasteiger partial charge in [-0.25, -0.2) is 12.8 Å². The number of benzene rings is 1. The van der Waals surface area contributed by atoms with Gasteiger partial charge in [0.15, 0.2) is 0 Å². The normalized spacial score (nSPS) is 17.1. The maximum absolute atomic E-state index is 14.6. The lowest BCUT2D eigenvalue weighted by Gasteiger charge is -2.19. The second-order valence-corrected chi connectivity index (χ2v) is 10.1. The third-order valence-corrected chi connectivity index (χ3v) is 6.71. The molecule has 0 bridgehead atoms. The fourth-order valence-electron chi connectivity index (χ4n) is 2.96. The summed E-state index contributed by atoms with van der Waals surface area (Å²) in [5, 5.41) is 0.966. The van der Waals surface area contributed by atoms with Gasteiger partial charge in [-0.05, 0) is 42.8 Å². The number of rotatable bonds is 6. The first kappa shape index (κ1) is 22.4. The highest BCUT2D eigenvalue weighted by atomic mass is 35.5. The quantitative estimate of drug-likeness (QED) is 0.701. The minimum absolute atomic E-state index is 0.000716. The van der Waals surface area contributed by atoms with Gasteiger partial charge in [0.25, 0.3) is 5.91 Å². The molecule has 1 aliphatic rings. The Morgan fingerprint density at radius 2 is 2.07 bits per heavy atom. The molecule has 3 rings (SSSR count). The number of nitrogens with one attached hydrogen (secondary N) is 1. The first-order chi connectivity index (χ1) is 14.1. The van der Waals surface area contributed by atoms with E-state index in [9.17, 15) is 22.4 Å². The van der Waals surface area contributed by atoms with Crippen molar-refractivity contribution in [3.63, 3.8) is 0 Å². The molecule has 1 atom stereocenters. The van der Waals surface area contributed by atoms with E-state index >= 15 is 0 Å². The van der Waals surface area contributed by atoms with Gasteiger partial charge < -0.3 is 9.80 Å². The molecular formula is C19H19ClFN3O4S2. The van der Waals surface area contributed by atoms with E-state index in [0.717, 1.165) is 11.5 Å². The summed E-state index contributed by atoms with van der Waals surface area (Å²) in [7, 11) is -0.785. The Bertz CT molecular complexity index is 1110. The van der Waals surface area contributed by atoms with Crippen molar-refractivity contribution in [2.24, 2.45) is 0 Å². The number of hydrogen-bond acceptors (Lipinski definition) is 5. The number of amides is 2. The molecule has 1 fully saturated rings. The SMILES string of the molecule is CN(C)C(=O)c1ccc(N2CC[C@H](NS(=O)(=O)/C=C/c3ccc(Cl)s3)C2=O)c(F)c1. The van der Waals surface area contributed by atoms with E-state index in [1.54, 1.807) is 26.2 Å². The van der Waals surface area contributed by atoms with Gasteiger partial charge in [-0.15, -0.1) is 11.3 Å². The smallest absolute Gasteiger partial charge is 0.253 e. The summed E-state index contributed by atoms with van der Waals surface area (Å²) < 4.78 is 42.0. The maximum atomic E-state index is 14.6. The van der Waals surface area contributed by atoms with Crippen LogP contribution in [0.5, 0.6) is 0 Å². The van der Waals surface area contributed by atoms with Crippen molar-refractivity contribution in [3.8, 4) is 0 Å². The van der Waals surface area contributed by atoms with Crippen LogP contribution in [0.2, 0.25) is 4.34 Å². The molecule has 0 saturated carbocycles. The van der Waals surface area contributed by atoms with Crippen LogP contribution in [0.3, 0.4) is 0 Å². The lowest BCUT2D eigenvalue weighted by molar-refractivity contribution is -0.118. The average Bonchev–Trinajstić information content (AvgIpc) is 3.25. The molecule has 0 aliphatic carbocycles. The van der Waals surface area contributed by atoms with Crippen LogP contribution >= 0.6 is 22.9 Å². The molecule has 7 nitrogen and oxygen atoms in total. The third-order valence-electron chi connectivity index (χ3n) is 4.41. The van der Waals surface area contributed by atoms with Crippen molar-refractivity contribution in [2.75, 3.05) is 25.5 Å². The van der Waals surface area contributed by atoms with E-state index in [2.05, 4.69) is 4.72 Å². The number of carbonyl (C=O) groups excluding carboxylic acids is 2. The van der Waals surface area contributed by atoms with Crippen LogP contribution in [0.25, 0.3) is 6.08 Å². The first-order valence-electron chi connectivity index (χ1n) is 8.86. The molecule has 0 unspecified atom stereocenters. The van der Waals surface area contributed by atoms with Gasteiger partial charge in [-0.2, -0.15) is 4.72 Å². The van der Waals surface area contributed by atoms with Crippen LogP contribution in [0.15, 0.2) is 35.7 Å². The Kier molecular flexibility index (Phi) is 6.61. The number of hydrogen-bond donors (Lipinski definition) is 1. The molecule has 2 heterocycles. The minimum Gasteiger partial charge on any atom is -0.345 e. The van der Waals surface area contributed by atoms with Crippen LogP contribution in [0.4, 0.5) is 10.1 Å². The second-order valence-electron chi connectivity index (χ2n) is 6.80. The van der Waals surface area contributed by atoms with Crippen molar-refractivity contribution in [3.05, 3.63) is 56.3 Å². The maximum Gasteiger partial charge on any atom is 0.253 e. The molecule has 1 N–H and O–H groups in total. The van der Waals surface area contributed by atoms with E-state index < -0.39 is 27.8 Å². The van der Waals surface area contributed by atoms with Crippen LogP contribution in [0.1, 0.15) is 21.7 Å². The predicted octanol–water partition coefficient (Wildman–Crippen LogP) is 2.94. The summed E-state index contributed by atoms with van der Waals surface area (Å²) in [5.41, 5.74) is 0.157. The predicted molar refractivity (Wildman–Crippen MR) is 116 cm³/mol. The Morgan fingerprint density at radius 3 is 2.67 bits per heavy atom. The lowest BCUT2D eigenvalue weighted by Crippen LogP contribution is -2.40. The molecule has 0 spiro atoms. The third kappa shape index (κ3) is 5.07. The largest absolute Gasteiger partial charge is 0.345 e. The monoisotopic (exact) mass is 471 g/mol. The summed E-state index contributed by atoms with van der Waals surface area (Å²) in [6.45, 7) is 0.147. The van der Waals surface area contributed by atoms with Gasteiger partial charge in [0.2, 0.25) is 15.9 Å². The highest BCUT2D eigenvalue weighted by molar-refractivity contribution is 7.92. The molecule has 2 amide bonds. The van der Waals surface area contributed by atoms with E-state index in [1.807, 2.05) is 0 Å². The fraction of sp³-hybridized carbons (Fsp3) is 0.263. The van der Waals surface area contributed by atoms with Gasteiger partial charge in [0.1, 0.15) is 11.9 Å². The van der Waals surface area contributed by atoms with E-state index in [0.29, 0.717) is 9.21 Å². The number of thiophene rings is 1. The van der Waals surface area contributed by atoms with Crippen molar-refractivity contribution in [2.45, 2.75) is 12.5 Å². The molecule has 2 aromatic rings. The number of nitrogens with zero attached hydrogens (tertiary/aromatic N) is 2. The molecule has 1 aromatic heterocycles. The van der Waals surface area contributed by atoms with Crippen molar-refractivity contribution >= 4 is 56.5 Å². The summed E-state index contributed by atoms with van der Waals surface area (Å²) in [5.74, 6) is -1.65. The summed E-state index contributed by atoms with van der Waals surface area (Å²) in [6, 6.07) is 6.17. The standard InChI is InChI=1S/C19H19ClFN3O4S2/c1-23(2)18(25)12-3-5-16(14(21)11-12)24-9-7-15(19(24)26)22-30(27,28)10-8-13-4-6-17(20)29-13/h3-6,8,10-11,15,22H,7,9H2,1-2H3/b10-8+/t15-/m0/s1. The zero-order chi connectivity index (χ0) is 22.1. The highest BCUT2D eigenvalue weighted by Gasteiger charge is 2.36. The molecule has 0 radical (unpaired) electrons. The minimum atomic E-state index is -3.89. The molecule has 1 saturated heterocycles. The first-order valence-corrected chi connectivity index (χ1v) is 11.6. The average molecular weight is 472 g/mol. The van der Waals surface area contributed by atoms with E-state index in [1.165, 1.54) is 39.3 Å². The van der Waals surface area contributed by atoms with Gasteiger partial charge in [-0.3, -0.25) is 9.59 Å². The zero-order valence-electron chi connectivity index (χ0n) is 16.1. The van der Waals surface area contributed by atoms with Crippen LogP contribution in [0, 0.1) is 5.82 Å². The Hall–Kier alpha value is -2.27. The van der Waals surface area contributed by atoms with Gasteiger partial charge in [0.05, 0.1) is 10.0 Å². The van der Waals surface area contributed by atoms with E-state index in [4.69, 9.17) is 11.6 Å². The van der Waals surface area contributed by atoms with Crippen molar-refractivity contribution in [1.29, 1.82) is 0 Å². The van der Waals surface area contributed by atoms with Crippen LogP contribution in [-0.4, -0.2) is 51.8 Å². The molecule has 30 heavy (non-hydrogen) atoms. The van der Waals surface area contributed by atoms with Crippen LogP contribution in [-0.2, 0) is 14.8 Å². The Morgan fingerprint density at radius 1 is 1.33 bits per heavy atom. The summed E-state index contributed by atoms with van der Waals surface area (Å²) in [6.07, 6.45) is 1.57. The van der Waals surface area contributed by atoms with Gasteiger partial charge >= 0.3 is 0 Å². The highest BCUT2D eigenvalue weighted by Crippen LogP contribution is 2.27. The van der Waals surface area contributed by atoms with Crippen LogP contribution < -0.4 is 9.62 Å². The number of carbonyl (C=O) groups is 2. The van der Waals surface area contributed by atoms with E-state index in [-0.39, 0.29) is 30.1 Å². The number of anilines is 1. The second kappa shape index (κ2) is 8.84. The molecule has 1 aromatic carbocycles. The lowest BCUT2D eigenvalue weighted by atomic mass is 10.1.